The van der Waals surface area contributed by atoms with Gasteiger partial charge in [0.2, 0.25) is 10.0 Å². The minimum atomic E-state index is -3.48. The number of anilines is 1. The van der Waals surface area contributed by atoms with Crippen molar-refractivity contribution in [3.63, 3.8) is 0 Å². The SMILES string of the molecule is Cc1ccc2nc(N3CCN(S(=O)(=O)c4ccc(Cl)cc4)CC3)sc2c1. The van der Waals surface area contributed by atoms with Crippen molar-refractivity contribution < 1.29 is 8.42 Å². The molecular formula is C18H18ClN3O2S2. The Morgan fingerprint density at radius 3 is 2.42 bits per heavy atom. The van der Waals surface area contributed by atoms with E-state index in [2.05, 4.69) is 24.0 Å². The Hall–Kier alpha value is -1.67. The predicted octanol–water partition coefficient (Wildman–Crippen LogP) is 3.77. The first kappa shape index (κ1) is 17.7. The van der Waals surface area contributed by atoms with Crippen LogP contribution in [0.5, 0.6) is 0 Å². The van der Waals surface area contributed by atoms with Gasteiger partial charge in [0.15, 0.2) is 5.13 Å². The van der Waals surface area contributed by atoms with Gasteiger partial charge in [0.05, 0.1) is 15.1 Å². The van der Waals surface area contributed by atoms with Crippen LogP contribution in [0.25, 0.3) is 10.2 Å². The van der Waals surface area contributed by atoms with Crippen molar-refractivity contribution in [2.24, 2.45) is 0 Å². The van der Waals surface area contributed by atoms with E-state index in [1.807, 2.05) is 6.07 Å². The Morgan fingerprint density at radius 2 is 1.73 bits per heavy atom. The van der Waals surface area contributed by atoms with Gasteiger partial charge in [-0.2, -0.15) is 4.31 Å². The van der Waals surface area contributed by atoms with E-state index in [9.17, 15) is 8.42 Å². The molecule has 1 aliphatic rings. The monoisotopic (exact) mass is 407 g/mol. The van der Waals surface area contributed by atoms with E-state index in [4.69, 9.17) is 16.6 Å². The molecule has 3 aromatic rings. The van der Waals surface area contributed by atoms with Crippen molar-refractivity contribution in [2.45, 2.75) is 11.8 Å². The number of benzene rings is 2. The van der Waals surface area contributed by atoms with Gasteiger partial charge in [0, 0.05) is 31.2 Å². The molecule has 0 saturated carbocycles. The number of aryl methyl sites for hydroxylation is 1. The van der Waals surface area contributed by atoms with E-state index in [0.717, 1.165) is 15.3 Å². The van der Waals surface area contributed by atoms with Crippen molar-refractivity contribution in [1.82, 2.24) is 9.29 Å². The number of nitrogens with zero attached hydrogens (tertiary/aromatic N) is 3. The number of rotatable bonds is 3. The van der Waals surface area contributed by atoms with E-state index in [-0.39, 0.29) is 4.90 Å². The molecule has 1 saturated heterocycles. The lowest BCUT2D eigenvalue weighted by molar-refractivity contribution is 0.385. The van der Waals surface area contributed by atoms with Crippen LogP contribution in [0.4, 0.5) is 5.13 Å². The molecule has 2 aromatic carbocycles. The molecular weight excluding hydrogens is 390 g/mol. The largest absolute Gasteiger partial charge is 0.345 e. The topological polar surface area (TPSA) is 53.5 Å². The second-order valence-corrected chi connectivity index (χ2v) is 9.70. The van der Waals surface area contributed by atoms with E-state index in [0.29, 0.717) is 31.2 Å². The number of piperazine rings is 1. The zero-order valence-corrected chi connectivity index (χ0v) is 16.6. The van der Waals surface area contributed by atoms with Crippen LogP contribution in [0, 0.1) is 6.92 Å². The third-order valence-corrected chi connectivity index (χ3v) is 7.74. The molecule has 2 heterocycles. The number of thiazole rings is 1. The summed E-state index contributed by atoms with van der Waals surface area (Å²) < 4.78 is 28.2. The van der Waals surface area contributed by atoms with Gasteiger partial charge in [-0.3, -0.25) is 0 Å². The zero-order valence-electron chi connectivity index (χ0n) is 14.2. The van der Waals surface area contributed by atoms with Crippen molar-refractivity contribution in [2.75, 3.05) is 31.1 Å². The highest BCUT2D eigenvalue weighted by Crippen LogP contribution is 2.30. The van der Waals surface area contributed by atoms with Crippen LogP contribution < -0.4 is 4.90 Å². The molecule has 136 valence electrons. The summed E-state index contributed by atoms with van der Waals surface area (Å²) in [5.41, 5.74) is 2.21. The summed E-state index contributed by atoms with van der Waals surface area (Å²) in [6, 6.07) is 12.5. The Bertz CT molecular complexity index is 1040. The number of halogens is 1. The third-order valence-electron chi connectivity index (χ3n) is 4.49. The average molecular weight is 408 g/mol. The average Bonchev–Trinajstić information content (AvgIpc) is 3.05. The van der Waals surface area contributed by atoms with Crippen LogP contribution in [-0.4, -0.2) is 43.9 Å². The molecule has 0 unspecified atom stereocenters. The molecule has 0 aliphatic carbocycles. The van der Waals surface area contributed by atoms with Gasteiger partial charge >= 0.3 is 0 Å². The highest BCUT2D eigenvalue weighted by Gasteiger charge is 2.29. The Morgan fingerprint density at radius 1 is 1.04 bits per heavy atom. The summed E-state index contributed by atoms with van der Waals surface area (Å²) in [4.78, 5) is 7.14. The van der Waals surface area contributed by atoms with Gasteiger partial charge in [-0.1, -0.05) is 29.0 Å². The number of hydrogen-bond donors (Lipinski definition) is 0. The third kappa shape index (κ3) is 3.32. The first-order valence-electron chi connectivity index (χ1n) is 8.31. The smallest absolute Gasteiger partial charge is 0.243 e. The lowest BCUT2D eigenvalue weighted by atomic mass is 10.2. The van der Waals surface area contributed by atoms with Crippen LogP contribution >= 0.6 is 22.9 Å². The molecule has 0 radical (unpaired) electrons. The summed E-state index contributed by atoms with van der Waals surface area (Å²) in [5, 5.41) is 1.48. The van der Waals surface area contributed by atoms with Gasteiger partial charge in [0.1, 0.15) is 0 Å². The Kier molecular flexibility index (Phi) is 4.64. The van der Waals surface area contributed by atoms with E-state index < -0.39 is 10.0 Å². The molecule has 4 rings (SSSR count). The van der Waals surface area contributed by atoms with Crippen LogP contribution in [0.2, 0.25) is 5.02 Å². The lowest BCUT2D eigenvalue weighted by Crippen LogP contribution is -2.48. The number of aromatic nitrogens is 1. The molecule has 0 spiro atoms. The van der Waals surface area contributed by atoms with Crippen molar-refractivity contribution >= 4 is 48.3 Å². The van der Waals surface area contributed by atoms with Gasteiger partial charge in [-0.05, 0) is 48.9 Å². The molecule has 0 bridgehead atoms. The maximum atomic E-state index is 12.8. The molecule has 26 heavy (non-hydrogen) atoms. The van der Waals surface area contributed by atoms with Crippen LogP contribution in [-0.2, 0) is 10.0 Å². The minimum Gasteiger partial charge on any atom is -0.345 e. The summed E-state index contributed by atoms with van der Waals surface area (Å²) in [5.74, 6) is 0. The molecule has 8 heteroatoms. The number of sulfonamides is 1. The quantitative estimate of drug-likeness (QED) is 0.663. The molecule has 1 aromatic heterocycles. The van der Waals surface area contributed by atoms with E-state index in [1.165, 1.54) is 9.87 Å². The van der Waals surface area contributed by atoms with Gasteiger partial charge in [-0.15, -0.1) is 0 Å². The van der Waals surface area contributed by atoms with E-state index >= 15 is 0 Å². The fourth-order valence-corrected chi connectivity index (χ4v) is 5.69. The first-order chi connectivity index (χ1) is 12.4. The van der Waals surface area contributed by atoms with Gasteiger partial charge in [-0.25, -0.2) is 13.4 Å². The molecule has 0 amide bonds. The normalized spacial score (nSPS) is 16.3. The summed E-state index contributed by atoms with van der Waals surface area (Å²) in [7, 11) is -3.48. The predicted molar refractivity (Wildman–Crippen MR) is 107 cm³/mol. The van der Waals surface area contributed by atoms with Crippen LogP contribution in [0.3, 0.4) is 0 Å². The maximum absolute atomic E-state index is 12.8. The standard InChI is InChI=1S/C18H18ClN3O2S2/c1-13-2-7-16-17(12-13)25-18(20-16)21-8-10-22(11-9-21)26(23,24)15-5-3-14(19)4-6-15/h2-7,12H,8-11H2,1H3. The minimum absolute atomic E-state index is 0.283. The molecule has 1 fully saturated rings. The summed E-state index contributed by atoms with van der Waals surface area (Å²) in [6.45, 7) is 4.22. The first-order valence-corrected chi connectivity index (χ1v) is 10.9. The van der Waals surface area contributed by atoms with Crippen LogP contribution in [0.15, 0.2) is 47.4 Å². The number of fused-ring (bicyclic) bond motifs is 1. The second-order valence-electron chi connectivity index (χ2n) is 6.31. The lowest BCUT2D eigenvalue weighted by Gasteiger charge is -2.33. The number of hydrogen-bond acceptors (Lipinski definition) is 5. The second kappa shape index (κ2) is 6.81. The summed E-state index contributed by atoms with van der Waals surface area (Å²) >= 11 is 7.51. The van der Waals surface area contributed by atoms with Crippen molar-refractivity contribution in [3.8, 4) is 0 Å². The zero-order chi connectivity index (χ0) is 18.3. The van der Waals surface area contributed by atoms with Crippen molar-refractivity contribution in [1.29, 1.82) is 0 Å². The van der Waals surface area contributed by atoms with Crippen molar-refractivity contribution in [3.05, 3.63) is 53.1 Å². The fraction of sp³-hybridized carbons (Fsp3) is 0.278. The Balaban J connectivity index is 1.50. The van der Waals surface area contributed by atoms with Gasteiger partial charge < -0.3 is 4.90 Å². The highest BCUT2D eigenvalue weighted by molar-refractivity contribution is 7.89. The maximum Gasteiger partial charge on any atom is 0.243 e. The molecule has 0 atom stereocenters. The highest BCUT2D eigenvalue weighted by atomic mass is 35.5. The Labute approximate surface area is 161 Å². The summed E-state index contributed by atoms with van der Waals surface area (Å²) in [6.07, 6.45) is 0. The molecule has 1 aliphatic heterocycles. The molecule has 0 N–H and O–H groups in total. The van der Waals surface area contributed by atoms with Gasteiger partial charge in [0.25, 0.3) is 0 Å². The fourth-order valence-electron chi connectivity index (χ4n) is 3.03. The van der Waals surface area contributed by atoms with Crippen LogP contribution in [0.1, 0.15) is 5.56 Å². The van der Waals surface area contributed by atoms with E-state index in [1.54, 1.807) is 35.6 Å². The molecule has 5 nitrogen and oxygen atoms in total.